The molecular formula is C22H22F3N3O5. The highest BCUT2D eigenvalue weighted by molar-refractivity contribution is 6.00. The Hall–Kier alpha value is -3.60. The standard InChI is InChI=1S/C22H22F3N3O5/c1-13-10-15(14(2)27(13)8-9-32-3)19(30)12-33-21(31)20-18(29)11-28(26-20)17-7-5-4-6-16(17)22(23,24)25/h4-7,10-11,29H,8-9,12H2,1-3H3. The first-order valence-corrected chi connectivity index (χ1v) is 9.85. The number of methoxy groups -OCH3 is 1. The number of aryl methyl sites for hydroxylation is 1. The topological polar surface area (TPSA) is 95.6 Å². The molecular weight excluding hydrogens is 443 g/mol. The number of para-hydroxylation sites is 1. The van der Waals surface area contributed by atoms with Crippen molar-refractivity contribution in [3.05, 3.63) is 64.7 Å². The second-order valence-corrected chi connectivity index (χ2v) is 7.25. The van der Waals surface area contributed by atoms with Crippen LogP contribution < -0.4 is 0 Å². The Labute approximate surface area is 187 Å². The molecule has 33 heavy (non-hydrogen) atoms. The number of hydrogen-bond donors (Lipinski definition) is 1. The highest BCUT2D eigenvalue weighted by atomic mass is 19.4. The van der Waals surface area contributed by atoms with Crippen molar-refractivity contribution in [1.29, 1.82) is 0 Å². The first kappa shape index (κ1) is 24.1. The van der Waals surface area contributed by atoms with Gasteiger partial charge in [-0.15, -0.1) is 0 Å². The summed E-state index contributed by atoms with van der Waals surface area (Å²) < 4.78 is 52.4. The molecule has 1 N–H and O–H groups in total. The third kappa shape index (κ3) is 5.08. The SMILES string of the molecule is COCCn1c(C)cc(C(=O)COC(=O)c2nn(-c3ccccc3C(F)(F)F)cc2O)c1C. The van der Waals surface area contributed by atoms with Crippen LogP contribution in [0.25, 0.3) is 5.69 Å². The average molecular weight is 465 g/mol. The van der Waals surface area contributed by atoms with Gasteiger partial charge in [0.1, 0.15) is 0 Å². The molecule has 0 radical (unpaired) electrons. The molecule has 11 heteroatoms. The monoisotopic (exact) mass is 465 g/mol. The van der Waals surface area contributed by atoms with E-state index in [1.54, 1.807) is 20.1 Å². The number of hydrogen-bond acceptors (Lipinski definition) is 6. The van der Waals surface area contributed by atoms with E-state index in [0.717, 1.165) is 28.7 Å². The van der Waals surface area contributed by atoms with Gasteiger partial charge < -0.3 is 19.1 Å². The Kier molecular flexibility index (Phi) is 6.92. The molecule has 2 aromatic heterocycles. The van der Waals surface area contributed by atoms with Crippen LogP contribution in [0, 0.1) is 13.8 Å². The fourth-order valence-corrected chi connectivity index (χ4v) is 3.43. The molecule has 176 valence electrons. The zero-order valence-corrected chi connectivity index (χ0v) is 18.1. The molecule has 0 bridgehead atoms. The second-order valence-electron chi connectivity index (χ2n) is 7.25. The van der Waals surface area contributed by atoms with Gasteiger partial charge in [0.05, 0.1) is 24.1 Å². The number of halogens is 3. The summed E-state index contributed by atoms with van der Waals surface area (Å²) in [5.74, 6) is -2.29. The Balaban J connectivity index is 1.76. The van der Waals surface area contributed by atoms with E-state index in [-0.39, 0.29) is 5.69 Å². The molecule has 0 amide bonds. The van der Waals surface area contributed by atoms with Crippen molar-refractivity contribution in [2.75, 3.05) is 20.3 Å². The highest BCUT2D eigenvalue weighted by Gasteiger charge is 2.34. The molecule has 0 saturated heterocycles. The van der Waals surface area contributed by atoms with Crippen LogP contribution in [0.3, 0.4) is 0 Å². The van der Waals surface area contributed by atoms with Gasteiger partial charge in [-0.2, -0.15) is 18.3 Å². The summed E-state index contributed by atoms with van der Waals surface area (Å²) in [4.78, 5) is 24.9. The summed E-state index contributed by atoms with van der Waals surface area (Å²) >= 11 is 0. The number of ketones is 1. The normalized spacial score (nSPS) is 11.6. The summed E-state index contributed by atoms with van der Waals surface area (Å²) in [7, 11) is 1.57. The number of carbonyl (C=O) groups is 2. The number of alkyl halides is 3. The molecule has 0 spiro atoms. The van der Waals surface area contributed by atoms with E-state index in [9.17, 15) is 27.9 Å². The van der Waals surface area contributed by atoms with Gasteiger partial charge in [-0.3, -0.25) is 4.79 Å². The Bertz CT molecular complexity index is 1180. The molecule has 3 aromatic rings. The van der Waals surface area contributed by atoms with Crippen LogP contribution in [0.5, 0.6) is 5.75 Å². The third-order valence-corrected chi connectivity index (χ3v) is 5.07. The minimum Gasteiger partial charge on any atom is -0.504 e. The Morgan fingerprint density at radius 3 is 2.55 bits per heavy atom. The molecule has 0 unspecified atom stereocenters. The van der Waals surface area contributed by atoms with Crippen LogP contribution in [-0.2, 0) is 22.2 Å². The number of aromatic nitrogens is 3. The lowest BCUT2D eigenvalue weighted by Crippen LogP contribution is -2.16. The third-order valence-electron chi connectivity index (χ3n) is 5.07. The summed E-state index contributed by atoms with van der Waals surface area (Å²) in [5, 5.41) is 13.8. The van der Waals surface area contributed by atoms with Crippen LogP contribution in [0.2, 0.25) is 0 Å². The minimum atomic E-state index is -4.67. The van der Waals surface area contributed by atoms with Crippen LogP contribution in [0.15, 0.2) is 36.5 Å². The molecule has 3 rings (SSSR count). The van der Waals surface area contributed by atoms with Gasteiger partial charge in [-0.25, -0.2) is 9.48 Å². The number of carbonyl (C=O) groups excluding carboxylic acids is 2. The largest absolute Gasteiger partial charge is 0.504 e. The van der Waals surface area contributed by atoms with Crippen molar-refractivity contribution in [3.63, 3.8) is 0 Å². The predicted octanol–water partition coefficient (Wildman–Crippen LogP) is 3.70. The first-order chi connectivity index (χ1) is 15.5. The number of nitrogens with zero attached hydrogens (tertiary/aromatic N) is 3. The van der Waals surface area contributed by atoms with Gasteiger partial charge in [0.2, 0.25) is 11.5 Å². The summed E-state index contributed by atoms with van der Waals surface area (Å²) in [6.45, 7) is 3.96. The van der Waals surface area contributed by atoms with Crippen molar-refractivity contribution < 1.29 is 37.3 Å². The van der Waals surface area contributed by atoms with E-state index in [4.69, 9.17) is 9.47 Å². The van der Waals surface area contributed by atoms with E-state index in [1.165, 1.54) is 12.1 Å². The van der Waals surface area contributed by atoms with E-state index in [0.29, 0.717) is 24.4 Å². The van der Waals surface area contributed by atoms with E-state index in [1.807, 2.05) is 11.5 Å². The van der Waals surface area contributed by atoms with E-state index >= 15 is 0 Å². The fraction of sp³-hybridized carbons (Fsp3) is 0.318. The molecule has 0 saturated carbocycles. The first-order valence-electron chi connectivity index (χ1n) is 9.85. The minimum absolute atomic E-state index is 0.366. The molecule has 0 aliphatic rings. The van der Waals surface area contributed by atoms with Gasteiger partial charge in [-0.1, -0.05) is 12.1 Å². The lowest BCUT2D eigenvalue weighted by Gasteiger charge is -2.12. The quantitative estimate of drug-likeness (QED) is 0.403. The fourth-order valence-electron chi connectivity index (χ4n) is 3.43. The Morgan fingerprint density at radius 1 is 1.18 bits per heavy atom. The smallest absolute Gasteiger partial charge is 0.418 e. The summed E-state index contributed by atoms with van der Waals surface area (Å²) in [5.41, 5.74) is -0.0959. The lowest BCUT2D eigenvalue weighted by atomic mass is 10.1. The number of rotatable bonds is 8. The van der Waals surface area contributed by atoms with Crippen LogP contribution in [0.4, 0.5) is 13.2 Å². The van der Waals surface area contributed by atoms with Gasteiger partial charge >= 0.3 is 12.1 Å². The number of esters is 1. The number of ether oxygens (including phenoxy) is 2. The number of Topliss-reactive ketones (excluding diaryl/α,β-unsaturated/α-hetero) is 1. The predicted molar refractivity (Wildman–Crippen MR) is 111 cm³/mol. The Morgan fingerprint density at radius 2 is 1.88 bits per heavy atom. The molecule has 1 aromatic carbocycles. The van der Waals surface area contributed by atoms with Crippen LogP contribution in [0.1, 0.15) is 37.8 Å². The molecule has 0 fully saturated rings. The maximum Gasteiger partial charge on any atom is 0.418 e. The molecule has 0 aliphatic carbocycles. The van der Waals surface area contributed by atoms with Crippen LogP contribution >= 0.6 is 0 Å². The zero-order valence-electron chi connectivity index (χ0n) is 18.1. The molecule has 0 aliphatic heterocycles. The van der Waals surface area contributed by atoms with Crippen molar-refractivity contribution in [2.24, 2.45) is 0 Å². The number of aromatic hydroxyl groups is 1. The zero-order chi connectivity index (χ0) is 24.3. The van der Waals surface area contributed by atoms with Crippen molar-refractivity contribution in [2.45, 2.75) is 26.6 Å². The van der Waals surface area contributed by atoms with Crippen molar-refractivity contribution >= 4 is 11.8 Å². The maximum absolute atomic E-state index is 13.3. The molecule has 0 atom stereocenters. The van der Waals surface area contributed by atoms with Gasteiger partial charge in [-0.05, 0) is 32.0 Å². The average Bonchev–Trinajstić information content (AvgIpc) is 3.29. The summed E-state index contributed by atoms with van der Waals surface area (Å²) in [6.07, 6.45) is -3.80. The van der Waals surface area contributed by atoms with Gasteiger partial charge in [0.25, 0.3) is 0 Å². The highest BCUT2D eigenvalue weighted by Crippen LogP contribution is 2.34. The van der Waals surface area contributed by atoms with Crippen LogP contribution in [-0.4, -0.2) is 51.5 Å². The lowest BCUT2D eigenvalue weighted by molar-refractivity contribution is -0.137. The van der Waals surface area contributed by atoms with Gasteiger partial charge in [0, 0.05) is 30.6 Å². The summed E-state index contributed by atoms with van der Waals surface area (Å²) in [6, 6.07) is 6.24. The second kappa shape index (κ2) is 9.49. The van der Waals surface area contributed by atoms with Gasteiger partial charge in [0.15, 0.2) is 12.4 Å². The molecule has 8 nitrogen and oxygen atoms in total. The number of benzene rings is 1. The molecule has 2 heterocycles. The van der Waals surface area contributed by atoms with E-state index in [2.05, 4.69) is 5.10 Å². The van der Waals surface area contributed by atoms with Crippen molar-refractivity contribution in [3.8, 4) is 11.4 Å². The maximum atomic E-state index is 13.3. The van der Waals surface area contributed by atoms with Crippen molar-refractivity contribution in [1.82, 2.24) is 14.3 Å². The van der Waals surface area contributed by atoms with E-state index < -0.39 is 41.5 Å².